The lowest BCUT2D eigenvalue weighted by atomic mass is 10.1. The van der Waals surface area contributed by atoms with E-state index in [2.05, 4.69) is 21.1 Å². The second kappa shape index (κ2) is 9.12. The first-order valence-electron chi connectivity index (χ1n) is 8.37. The standard InChI is InChI=1S/C20H15F2N3O3S/c1-27-16-4-2-3-15(17(16)28-19(21)22)18(26)25-20-24-11-14(29-20)9-12-5-7-13(10-23)8-6-12/h2-8,11,19H,9H2,1H3,(H,24,25,26). The molecule has 6 nitrogen and oxygen atoms in total. The third-order valence-corrected chi connectivity index (χ3v) is 4.80. The van der Waals surface area contributed by atoms with E-state index in [0.717, 1.165) is 10.4 Å². The summed E-state index contributed by atoms with van der Waals surface area (Å²) in [5.74, 6) is -0.950. The number of nitrogens with zero attached hydrogens (tertiary/aromatic N) is 2. The van der Waals surface area contributed by atoms with Gasteiger partial charge in [0.1, 0.15) is 0 Å². The summed E-state index contributed by atoms with van der Waals surface area (Å²) in [5.41, 5.74) is 1.48. The fourth-order valence-corrected chi connectivity index (χ4v) is 3.42. The number of halogens is 2. The van der Waals surface area contributed by atoms with Gasteiger partial charge in [-0.2, -0.15) is 14.0 Å². The Morgan fingerprint density at radius 1 is 1.28 bits per heavy atom. The number of aromatic nitrogens is 1. The first-order chi connectivity index (χ1) is 14.0. The van der Waals surface area contributed by atoms with Crippen molar-refractivity contribution >= 4 is 22.4 Å². The molecule has 0 radical (unpaired) electrons. The van der Waals surface area contributed by atoms with Gasteiger partial charge in [-0.3, -0.25) is 10.1 Å². The van der Waals surface area contributed by atoms with Crippen LogP contribution >= 0.6 is 11.3 Å². The summed E-state index contributed by atoms with van der Waals surface area (Å²) in [4.78, 5) is 17.6. The molecule has 9 heteroatoms. The molecule has 0 saturated carbocycles. The zero-order chi connectivity index (χ0) is 20.8. The van der Waals surface area contributed by atoms with Gasteiger partial charge in [-0.05, 0) is 29.8 Å². The lowest BCUT2D eigenvalue weighted by Crippen LogP contribution is -2.15. The highest BCUT2D eigenvalue weighted by molar-refractivity contribution is 7.15. The van der Waals surface area contributed by atoms with Crippen molar-refractivity contribution in [3.8, 4) is 17.6 Å². The van der Waals surface area contributed by atoms with Crippen LogP contribution in [-0.2, 0) is 6.42 Å². The van der Waals surface area contributed by atoms with Gasteiger partial charge in [0.15, 0.2) is 16.6 Å². The number of ether oxygens (including phenoxy) is 2. The fourth-order valence-electron chi connectivity index (χ4n) is 2.58. The van der Waals surface area contributed by atoms with Crippen LogP contribution in [0.1, 0.15) is 26.4 Å². The molecule has 0 saturated heterocycles. The van der Waals surface area contributed by atoms with Crippen molar-refractivity contribution in [2.45, 2.75) is 13.0 Å². The number of alkyl halides is 2. The molecule has 148 valence electrons. The molecule has 0 aliphatic carbocycles. The van der Waals surface area contributed by atoms with E-state index in [1.165, 1.54) is 36.6 Å². The first kappa shape index (κ1) is 20.2. The highest BCUT2D eigenvalue weighted by atomic mass is 32.1. The summed E-state index contributed by atoms with van der Waals surface area (Å²) in [6.45, 7) is -3.10. The van der Waals surface area contributed by atoms with E-state index < -0.39 is 12.5 Å². The minimum absolute atomic E-state index is 0.0265. The SMILES string of the molecule is COc1cccc(C(=O)Nc2ncc(Cc3ccc(C#N)cc3)s2)c1OC(F)F. The predicted octanol–water partition coefficient (Wildman–Crippen LogP) is 4.47. The van der Waals surface area contributed by atoms with Crippen LogP contribution < -0.4 is 14.8 Å². The Morgan fingerprint density at radius 3 is 2.69 bits per heavy atom. The molecule has 1 N–H and O–H groups in total. The zero-order valence-corrected chi connectivity index (χ0v) is 16.0. The number of benzene rings is 2. The van der Waals surface area contributed by atoms with Gasteiger partial charge in [0.05, 0.1) is 24.3 Å². The lowest BCUT2D eigenvalue weighted by molar-refractivity contribution is -0.0515. The van der Waals surface area contributed by atoms with Crippen LogP contribution in [0.5, 0.6) is 11.5 Å². The Bertz CT molecular complexity index is 1050. The van der Waals surface area contributed by atoms with Gasteiger partial charge >= 0.3 is 6.61 Å². The van der Waals surface area contributed by atoms with Crippen LogP contribution in [-0.4, -0.2) is 24.6 Å². The quantitative estimate of drug-likeness (QED) is 0.616. The summed E-state index contributed by atoms with van der Waals surface area (Å²) in [6.07, 6.45) is 2.21. The topological polar surface area (TPSA) is 84.2 Å². The molecule has 3 rings (SSSR count). The minimum atomic E-state index is -3.10. The van der Waals surface area contributed by atoms with Gasteiger partial charge in [-0.1, -0.05) is 18.2 Å². The van der Waals surface area contributed by atoms with Gasteiger partial charge in [-0.15, -0.1) is 11.3 Å². The Hall–Kier alpha value is -3.51. The Morgan fingerprint density at radius 2 is 2.03 bits per heavy atom. The molecule has 2 aromatic carbocycles. The molecule has 0 bridgehead atoms. The van der Waals surface area contributed by atoms with Crippen molar-refractivity contribution in [3.05, 3.63) is 70.2 Å². The number of nitriles is 1. The number of amides is 1. The van der Waals surface area contributed by atoms with Crippen molar-refractivity contribution in [1.29, 1.82) is 5.26 Å². The van der Waals surface area contributed by atoms with Gasteiger partial charge in [0.2, 0.25) is 0 Å². The number of rotatable bonds is 7. The minimum Gasteiger partial charge on any atom is -0.493 e. The average molecular weight is 415 g/mol. The molecule has 3 aromatic rings. The van der Waals surface area contributed by atoms with Crippen LogP contribution in [0, 0.1) is 11.3 Å². The summed E-state index contributed by atoms with van der Waals surface area (Å²) in [6, 6.07) is 13.5. The molecule has 0 aliphatic heterocycles. The zero-order valence-electron chi connectivity index (χ0n) is 15.2. The number of carbonyl (C=O) groups is 1. The maximum atomic E-state index is 12.7. The van der Waals surface area contributed by atoms with Crippen LogP contribution in [0.4, 0.5) is 13.9 Å². The highest BCUT2D eigenvalue weighted by Crippen LogP contribution is 2.33. The van der Waals surface area contributed by atoms with Gasteiger partial charge in [0, 0.05) is 17.5 Å². The maximum absolute atomic E-state index is 12.7. The smallest absolute Gasteiger partial charge is 0.387 e. The van der Waals surface area contributed by atoms with Crippen LogP contribution in [0.3, 0.4) is 0 Å². The molecular formula is C20H15F2N3O3S. The molecule has 1 heterocycles. The number of hydrogen-bond acceptors (Lipinski definition) is 6. The van der Waals surface area contributed by atoms with E-state index in [0.29, 0.717) is 17.1 Å². The van der Waals surface area contributed by atoms with Crippen LogP contribution in [0.25, 0.3) is 0 Å². The summed E-state index contributed by atoms with van der Waals surface area (Å²) in [5, 5.41) is 11.8. The molecule has 1 aromatic heterocycles. The fraction of sp³-hybridized carbons (Fsp3) is 0.150. The molecule has 0 fully saturated rings. The van der Waals surface area contributed by atoms with Crippen molar-refractivity contribution in [1.82, 2.24) is 4.98 Å². The van der Waals surface area contributed by atoms with E-state index in [-0.39, 0.29) is 17.1 Å². The number of thiazole rings is 1. The number of hydrogen-bond donors (Lipinski definition) is 1. The third kappa shape index (κ3) is 5.06. The van der Waals surface area contributed by atoms with Crippen molar-refractivity contribution in [2.24, 2.45) is 0 Å². The summed E-state index contributed by atoms with van der Waals surface area (Å²) in [7, 11) is 1.30. The summed E-state index contributed by atoms with van der Waals surface area (Å²) >= 11 is 1.26. The second-order valence-electron chi connectivity index (χ2n) is 5.79. The van der Waals surface area contributed by atoms with Crippen LogP contribution in [0.15, 0.2) is 48.7 Å². The van der Waals surface area contributed by atoms with Gasteiger partial charge in [0.25, 0.3) is 5.91 Å². The maximum Gasteiger partial charge on any atom is 0.387 e. The number of anilines is 1. The number of nitrogens with one attached hydrogen (secondary N) is 1. The summed E-state index contributed by atoms with van der Waals surface area (Å²) < 4.78 is 34.9. The molecule has 0 aliphatic rings. The van der Waals surface area contributed by atoms with Crippen molar-refractivity contribution in [3.63, 3.8) is 0 Å². The molecule has 0 atom stereocenters. The monoisotopic (exact) mass is 415 g/mol. The van der Waals surface area contributed by atoms with Crippen molar-refractivity contribution in [2.75, 3.05) is 12.4 Å². The molecule has 0 spiro atoms. The molecule has 0 unspecified atom stereocenters. The number of methoxy groups -OCH3 is 1. The third-order valence-electron chi connectivity index (χ3n) is 3.89. The van der Waals surface area contributed by atoms with E-state index in [1.807, 2.05) is 12.1 Å². The van der Waals surface area contributed by atoms with Crippen LogP contribution in [0.2, 0.25) is 0 Å². The normalized spacial score (nSPS) is 10.4. The lowest BCUT2D eigenvalue weighted by Gasteiger charge is -2.13. The Labute approximate surface area is 169 Å². The van der Waals surface area contributed by atoms with Crippen molar-refractivity contribution < 1.29 is 23.0 Å². The highest BCUT2D eigenvalue weighted by Gasteiger charge is 2.21. The Kier molecular flexibility index (Phi) is 6.36. The molecule has 29 heavy (non-hydrogen) atoms. The largest absolute Gasteiger partial charge is 0.493 e. The first-order valence-corrected chi connectivity index (χ1v) is 9.18. The van der Waals surface area contributed by atoms with Gasteiger partial charge < -0.3 is 9.47 Å². The van der Waals surface area contributed by atoms with E-state index in [9.17, 15) is 13.6 Å². The predicted molar refractivity (Wildman–Crippen MR) is 104 cm³/mol. The molecular weight excluding hydrogens is 400 g/mol. The van der Waals surface area contributed by atoms with Gasteiger partial charge in [-0.25, -0.2) is 4.98 Å². The average Bonchev–Trinajstić information content (AvgIpc) is 3.15. The number of para-hydroxylation sites is 1. The van der Waals surface area contributed by atoms with E-state index >= 15 is 0 Å². The second-order valence-corrected chi connectivity index (χ2v) is 6.90. The van der Waals surface area contributed by atoms with E-state index in [1.54, 1.807) is 18.3 Å². The van der Waals surface area contributed by atoms with E-state index in [4.69, 9.17) is 10.00 Å². The molecule has 1 amide bonds. The number of carbonyl (C=O) groups excluding carboxylic acids is 1. The Balaban J connectivity index is 1.74.